The van der Waals surface area contributed by atoms with Gasteiger partial charge in [0.15, 0.2) is 0 Å². The van der Waals surface area contributed by atoms with Crippen LogP contribution in [0.15, 0.2) is 0 Å². The first-order valence-corrected chi connectivity index (χ1v) is 7.58. The fraction of sp³-hybridized carbons (Fsp3) is 0.923. The monoisotopic (exact) mass is 260 g/mol. The smallest absolute Gasteiger partial charge is 0.237 e. The zero-order valence-corrected chi connectivity index (χ0v) is 12.7. The van der Waals surface area contributed by atoms with E-state index in [9.17, 15) is 4.79 Å². The maximum absolute atomic E-state index is 11.5. The van der Waals surface area contributed by atoms with Gasteiger partial charge in [-0.1, -0.05) is 13.8 Å². The topological polar surface area (TPSA) is 55.1 Å². The summed E-state index contributed by atoms with van der Waals surface area (Å²) in [6, 6.07) is 0.271. The number of primary amides is 1. The fourth-order valence-electron chi connectivity index (χ4n) is 1.60. The van der Waals surface area contributed by atoms with Crippen LogP contribution in [0.3, 0.4) is 0 Å². The molecule has 1 atom stereocenters. The van der Waals surface area contributed by atoms with Crippen LogP contribution in [0.25, 0.3) is 0 Å². The highest BCUT2D eigenvalue weighted by Gasteiger charge is 2.30. The first kappa shape index (κ1) is 16.8. The van der Waals surface area contributed by atoms with Crippen molar-refractivity contribution < 1.29 is 4.79 Å². The second kappa shape index (κ2) is 7.98. The fourth-order valence-corrected chi connectivity index (χ4v) is 3.00. The molecule has 3 N–H and O–H groups in total. The van der Waals surface area contributed by atoms with Gasteiger partial charge in [-0.3, -0.25) is 4.79 Å². The molecule has 1 amide bonds. The van der Waals surface area contributed by atoms with Gasteiger partial charge in [-0.15, -0.1) is 0 Å². The molecule has 0 saturated carbocycles. The van der Waals surface area contributed by atoms with Gasteiger partial charge in [0.1, 0.15) is 0 Å². The van der Waals surface area contributed by atoms with Crippen LogP contribution in [-0.2, 0) is 4.79 Å². The third kappa shape index (κ3) is 7.66. The highest BCUT2D eigenvalue weighted by atomic mass is 32.2. The van der Waals surface area contributed by atoms with Crippen molar-refractivity contribution in [1.29, 1.82) is 0 Å². The molecule has 0 saturated heterocycles. The van der Waals surface area contributed by atoms with Crippen molar-refractivity contribution in [3.8, 4) is 0 Å². The van der Waals surface area contributed by atoms with Crippen molar-refractivity contribution in [2.24, 2.45) is 11.7 Å². The van der Waals surface area contributed by atoms with Crippen molar-refractivity contribution in [2.45, 2.75) is 59.0 Å². The van der Waals surface area contributed by atoms with E-state index in [-0.39, 0.29) is 11.9 Å². The summed E-state index contributed by atoms with van der Waals surface area (Å²) in [6.45, 7) is 10.4. The molecular weight excluding hydrogens is 232 g/mol. The number of hydrogen-bond acceptors (Lipinski definition) is 3. The van der Waals surface area contributed by atoms with E-state index in [0.717, 1.165) is 23.8 Å². The maximum Gasteiger partial charge on any atom is 0.237 e. The molecule has 4 heteroatoms. The normalized spacial score (nSPS) is 15.2. The van der Waals surface area contributed by atoms with E-state index >= 15 is 0 Å². The van der Waals surface area contributed by atoms with Crippen LogP contribution in [0.1, 0.15) is 47.5 Å². The molecule has 0 aromatic rings. The van der Waals surface area contributed by atoms with E-state index in [4.69, 9.17) is 5.73 Å². The maximum atomic E-state index is 11.5. The lowest BCUT2D eigenvalue weighted by atomic mass is 9.97. The summed E-state index contributed by atoms with van der Waals surface area (Å²) in [5.74, 6) is 2.63. The van der Waals surface area contributed by atoms with Crippen molar-refractivity contribution in [3.63, 3.8) is 0 Å². The number of rotatable bonds is 9. The van der Waals surface area contributed by atoms with Gasteiger partial charge in [0.2, 0.25) is 5.91 Å². The van der Waals surface area contributed by atoms with Gasteiger partial charge in [-0.25, -0.2) is 0 Å². The van der Waals surface area contributed by atoms with Crippen molar-refractivity contribution in [1.82, 2.24) is 5.32 Å². The molecular formula is C13H28N2OS. The Morgan fingerprint density at radius 3 is 2.29 bits per heavy atom. The minimum absolute atomic E-state index is 0.254. The second-order valence-electron chi connectivity index (χ2n) is 5.54. The second-order valence-corrected chi connectivity index (χ2v) is 6.77. The molecule has 0 radical (unpaired) electrons. The largest absolute Gasteiger partial charge is 0.368 e. The first-order chi connectivity index (χ1) is 7.78. The zero-order chi connectivity index (χ0) is 13.5. The zero-order valence-electron chi connectivity index (χ0n) is 11.9. The van der Waals surface area contributed by atoms with E-state index in [2.05, 4.69) is 19.2 Å². The molecule has 0 aliphatic rings. The van der Waals surface area contributed by atoms with Crippen LogP contribution in [0, 0.1) is 5.92 Å². The van der Waals surface area contributed by atoms with Crippen molar-refractivity contribution >= 4 is 17.7 Å². The van der Waals surface area contributed by atoms with Crippen molar-refractivity contribution in [3.05, 3.63) is 0 Å². The van der Waals surface area contributed by atoms with E-state index in [1.54, 1.807) is 0 Å². The Kier molecular flexibility index (Phi) is 7.88. The molecule has 0 heterocycles. The number of carbonyl (C=O) groups excluding carboxylic acids is 1. The number of nitrogens with one attached hydrogen (secondary N) is 1. The van der Waals surface area contributed by atoms with Gasteiger partial charge < -0.3 is 11.1 Å². The molecule has 102 valence electrons. The van der Waals surface area contributed by atoms with E-state index in [1.165, 1.54) is 6.42 Å². The Bertz CT molecular complexity index is 231. The molecule has 0 aliphatic carbocycles. The molecule has 3 nitrogen and oxygen atoms in total. The Labute approximate surface area is 110 Å². The summed E-state index contributed by atoms with van der Waals surface area (Å²) in [5.41, 5.74) is 4.90. The molecule has 0 aromatic carbocycles. The number of amides is 1. The van der Waals surface area contributed by atoms with E-state index < -0.39 is 5.54 Å². The number of nitrogens with two attached hydrogens (primary N) is 1. The van der Waals surface area contributed by atoms with Gasteiger partial charge in [0, 0.05) is 6.04 Å². The summed E-state index contributed by atoms with van der Waals surface area (Å²) >= 11 is 1.91. The van der Waals surface area contributed by atoms with Gasteiger partial charge in [0.25, 0.3) is 0 Å². The third-order valence-electron chi connectivity index (χ3n) is 2.74. The van der Waals surface area contributed by atoms with Crippen LogP contribution in [0.4, 0.5) is 0 Å². The summed E-state index contributed by atoms with van der Waals surface area (Å²) < 4.78 is 0. The van der Waals surface area contributed by atoms with Gasteiger partial charge in [-0.2, -0.15) is 11.8 Å². The molecule has 0 fully saturated rings. The summed E-state index contributed by atoms with van der Waals surface area (Å²) in [4.78, 5) is 11.5. The lowest BCUT2D eigenvalue weighted by Gasteiger charge is -2.29. The quantitative estimate of drug-likeness (QED) is 0.626. The molecule has 17 heavy (non-hydrogen) atoms. The van der Waals surface area contributed by atoms with Crippen LogP contribution in [-0.4, -0.2) is 29.0 Å². The van der Waals surface area contributed by atoms with Crippen LogP contribution >= 0.6 is 11.8 Å². The summed E-state index contributed by atoms with van der Waals surface area (Å²) in [5, 5.41) is 3.27. The lowest BCUT2D eigenvalue weighted by Crippen LogP contribution is -2.55. The minimum atomic E-state index is -0.570. The average Bonchev–Trinajstić information content (AvgIpc) is 2.15. The highest BCUT2D eigenvalue weighted by molar-refractivity contribution is 7.99. The Morgan fingerprint density at radius 2 is 1.88 bits per heavy atom. The van der Waals surface area contributed by atoms with E-state index in [1.807, 2.05) is 32.5 Å². The van der Waals surface area contributed by atoms with Crippen molar-refractivity contribution in [2.75, 3.05) is 11.5 Å². The number of hydrogen-bond donors (Lipinski definition) is 2. The Hall–Kier alpha value is -0.220. The SMILES string of the molecule is CC(C)CCSCCC(C)(NC(C)C)C(N)=O. The van der Waals surface area contributed by atoms with Gasteiger partial charge in [0.05, 0.1) is 5.54 Å². The van der Waals surface area contributed by atoms with E-state index in [0.29, 0.717) is 0 Å². The molecule has 0 spiro atoms. The summed E-state index contributed by atoms with van der Waals surface area (Å²) in [7, 11) is 0. The van der Waals surface area contributed by atoms with Crippen LogP contribution in [0.5, 0.6) is 0 Å². The molecule has 0 rings (SSSR count). The lowest BCUT2D eigenvalue weighted by molar-refractivity contribution is -0.124. The summed E-state index contributed by atoms with van der Waals surface area (Å²) in [6.07, 6.45) is 2.03. The van der Waals surface area contributed by atoms with Crippen LogP contribution < -0.4 is 11.1 Å². The molecule has 0 aromatic heterocycles. The standard InChI is InChI=1S/C13H28N2OS/c1-10(2)6-8-17-9-7-13(5,12(14)16)15-11(3)4/h10-11,15H,6-9H2,1-5H3,(H2,14,16). The minimum Gasteiger partial charge on any atom is -0.368 e. The average molecular weight is 260 g/mol. The molecule has 1 unspecified atom stereocenters. The van der Waals surface area contributed by atoms with Gasteiger partial charge >= 0.3 is 0 Å². The predicted molar refractivity (Wildman–Crippen MR) is 77.3 cm³/mol. The third-order valence-corrected chi connectivity index (χ3v) is 3.75. The predicted octanol–water partition coefficient (Wildman–Crippen LogP) is 2.40. The van der Waals surface area contributed by atoms with Crippen LogP contribution in [0.2, 0.25) is 0 Å². The first-order valence-electron chi connectivity index (χ1n) is 6.43. The molecule has 0 aliphatic heterocycles. The molecule has 0 bridgehead atoms. The Morgan fingerprint density at radius 1 is 1.29 bits per heavy atom. The van der Waals surface area contributed by atoms with Gasteiger partial charge in [-0.05, 0) is 51.0 Å². The highest BCUT2D eigenvalue weighted by Crippen LogP contribution is 2.17. The number of thioether (sulfide) groups is 1. The Balaban J connectivity index is 3.97. The number of carbonyl (C=O) groups is 1.